The Hall–Kier alpha value is -1.70. The number of benzene rings is 1. The van der Waals surface area contributed by atoms with Gasteiger partial charge in [-0.1, -0.05) is 43.0 Å². The zero-order valence-electron chi connectivity index (χ0n) is 8.56. The molecule has 0 amide bonds. The first-order valence-corrected chi connectivity index (χ1v) is 4.48. The van der Waals surface area contributed by atoms with Gasteiger partial charge < -0.3 is 0 Å². The number of halogens is 2. The van der Waals surface area contributed by atoms with Crippen molar-refractivity contribution < 1.29 is 8.78 Å². The second-order valence-electron chi connectivity index (χ2n) is 3.29. The van der Waals surface area contributed by atoms with E-state index < -0.39 is 11.7 Å². The fraction of sp³-hybridized carbons (Fsp3) is 0.0769. The molecule has 0 fully saturated rings. The van der Waals surface area contributed by atoms with Crippen LogP contribution in [0.2, 0.25) is 0 Å². The molecule has 2 heteroatoms. The van der Waals surface area contributed by atoms with Crippen LogP contribution in [0.4, 0.5) is 8.78 Å². The Balaban J connectivity index is 2.91. The molecule has 0 N–H and O–H groups in total. The van der Waals surface area contributed by atoms with E-state index in [4.69, 9.17) is 0 Å². The van der Waals surface area contributed by atoms with Crippen LogP contribution >= 0.6 is 0 Å². The average Bonchev–Trinajstić information content (AvgIpc) is 2.18. The highest BCUT2D eigenvalue weighted by Crippen LogP contribution is 2.19. The maximum absolute atomic E-state index is 12.9. The summed E-state index contributed by atoms with van der Waals surface area (Å²) in [6.45, 7) is 8.47. The molecule has 0 saturated heterocycles. The van der Waals surface area contributed by atoms with E-state index in [1.54, 1.807) is 0 Å². The molecule has 0 heterocycles. The molecule has 0 nitrogen and oxygen atoms in total. The van der Waals surface area contributed by atoms with E-state index in [-0.39, 0.29) is 0 Å². The van der Waals surface area contributed by atoms with Crippen molar-refractivity contribution >= 4 is 5.57 Å². The van der Waals surface area contributed by atoms with Crippen LogP contribution in [-0.4, -0.2) is 0 Å². The van der Waals surface area contributed by atoms with E-state index in [1.165, 1.54) is 0 Å². The lowest BCUT2D eigenvalue weighted by molar-refractivity contribution is 0.548. The largest absolute Gasteiger partial charge is 0.204 e. The van der Waals surface area contributed by atoms with Gasteiger partial charge in [-0.2, -0.15) is 0 Å². The second kappa shape index (κ2) is 4.69. The molecule has 15 heavy (non-hydrogen) atoms. The first-order valence-electron chi connectivity index (χ1n) is 4.48. The number of hydrogen-bond acceptors (Lipinski definition) is 0. The highest BCUT2D eigenvalue weighted by molar-refractivity contribution is 5.73. The van der Waals surface area contributed by atoms with E-state index in [9.17, 15) is 8.78 Å². The maximum atomic E-state index is 12.9. The minimum Gasteiger partial charge on any atom is -0.204 e. The molecular weight excluding hydrogens is 194 g/mol. The van der Waals surface area contributed by atoms with E-state index >= 15 is 0 Å². The van der Waals surface area contributed by atoms with Crippen LogP contribution in [0.3, 0.4) is 0 Å². The molecule has 1 rings (SSSR count). The van der Waals surface area contributed by atoms with Crippen LogP contribution in [0.15, 0.2) is 55.2 Å². The Morgan fingerprint density at radius 1 is 1.13 bits per heavy atom. The predicted molar refractivity (Wildman–Crippen MR) is 59.7 cm³/mol. The standard InChI is InChI=1S/C13H12F2/c1-9-4-6-12(7-5-9)10(2)8-13(15)11(3)14/h4-8H,2-3H2,1H3/b13-8+. The molecule has 0 saturated carbocycles. The van der Waals surface area contributed by atoms with Crippen molar-refractivity contribution in [2.75, 3.05) is 0 Å². The minimum absolute atomic E-state index is 0.423. The summed E-state index contributed by atoms with van der Waals surface area (Å²) in [6, 6.07) is 7.39. The normalized spacial score (nSPS) is 11.3. The van der Waals surface area contributed by atoms with E-state index in [0.29, 0.717) is 5.57 Å². The first-order chi connectivity index (χ1) is 7.00. The van der Waals surface area contributed by atoms with Gasteiger partial charge in [-0.15, -0.1) is 0 Å². The summed E-state index contributed by atoms with van der Waals surface area (Å²) in [6.07, 6.45) is 1.03. The summed E-state index contributed by atoms with van der Waals surface area (Å²) in [5.41, 5.74) is 2.29. The zero-order valence-corrected chi connectivity index (χ0v) is 8.56. The molecule has 0 unspecified atom stereocenters. The third-order valence-electron chi connectivity index (χ3n) is 1.98. The highest BCUT2D eigenvalue weighted by atomic mass is 19.2. The lowest BCUT2D eigenvalue weighted by Crippen LogP contribution is -1.81. The number of allylic oxidation sites excluding steroid dienone is 4. The van der Waals surface area contributed by atoms with E-state index in [1.807, 2.05) is 31.2 Å². The molecule has 78 valence electrons. The Bertz CT molecular complexity index is 411. The average molecular weight is 206 g/mol. The number of aryl methyl sites for hydroxylation is 1. The van der Waals surface area contributed by atoms with Crippen LogP contribution in [0.25, 0.3) is 5.57 Å². The Labute approximate surface area is 88.2 Å². The Morgan fingerprint density at radius 2 is 1.67 bits per heavy atom. The van der Waals surface area contributed by atoms with Crippen LogP contribution in [-0.2, 0) is 0 Å². The van der Waals surface area contributed by atoms with Crippen LogP contribution in [0.1, 0.15) is 11.1 Å². The summed E-state index contributed by atoms with van der Waals surface area (Å²) in [5.74, 6) is -2.07. The van der Waals surface area contributed by atoms with Gasteiger partial charge >= 0.3 is 0 Å². The van der Waals surface area contributed by atoms with Crippen LogP contribution < -0.4 is 0 Å². The molecule has 0 atom stereocenters. The number of rotatable bonds is 3. The van der Waals surface area contributed by atoms with Crippen molar-refractivity contribution in [3.63, 3.8) is 0 Å². The highest BCUT2D eigenvalue weighted by Gasteiger charge is 2.02. The van der Waals surface area contributed by atoms with Crippen molar-refractivity contribution in [3.05, 3.63) is 66.3 Å². The van der Waals surface area contributed by atoms with Gasteiger partial charge in [-0.25, -0.2) is 8.78 Å². The lowest BCUT2D eigenvalue weighted by atomic mass is 10.1. The van der Waals surface area contributed by atoms with Crippen molar-refractivity contribution in [1.82, 2.24) is 0 Å². The summed E-state index contributed by atoms with van der Waals surface area (Å²) >= 11 is 0. The van der Waals surface area contributed by atoms with E-state index in [2.05, 4.69) is 13.2 Å². The molecular formula is C13H12F2. The fourth-order valence-corrected chi connectivity index (χ4v) is 1.08. The molecule has 0 radical (unpaired) electrons. The topological polar surface area (TPSA) is 0 Å². The van der Waals surface area contributed by atoms with E-state index in [0.717, 1.165) is 17.2 Å². The van der Waals surface area contributed by atoms with Gasteiger partial charge in [-0.05, 0) is 24.1 Å². The molecule has 0 aliphatic carbocycles. The van der Waals surface area contributed by atoms with Gasteiger partial charge in [0.05, 0.1) is 0 Å². The van der Waals surface area contributed by atoms with Gasteiger partial charge in [0.2, 0.25) is 0 Å². The van der Waals surface area contributed by atoms with Gasteiger partial charge in [0.15, 0.2) is 11.7 Å². The summed E-state index contributed by atoms with van der Waals surface area (Å²) in [4.78, 5) is 0. The number of hydrogen-bond donors (Lipinski definition) is 0. The fourth-order valence-electron chi connectivity index (χ4n) is 1.08. The van der Waals surface area contributed by atoms with Gasteiger partial charge in [0.1, 0.15) is 0 Å². The predicted octanol–water partition coefficient (Wildman–Crippen LogP) is 4.34. The molecule has 1 aromatic carbocycles. The molecule has 0 aromatic heterocycles. The molecule has 0 aliphatic heterocycles. The molecule has 0 aliphatic rings. The van der Waals surface area contributed by atoms with Crippen molar-refractivity contribution in [1.29, 1.82) is 0 Å². The van der Waals surface area contributed by atoms with Gasteiger partial charge in [-0.3, -0.25) is 0 Å². The Kier molecular flexibility index (Phi) is 3.56. The quantitative estimate of drug-likeness (QED) is 0.645. The van der Waals surface area contributed by atoms with Gasteiger partial charge in [0.25, 0.3) is 0 Å². The Morgan fingerprint density at radius 3 is 2.13 bits per heavy atom. The van der Waals surface area contributed by atoms with Crippen molar-refractivity contribution in [2.24, 2.45) is 0 Å². The lowest BCUT2D eigenvalue weighted by Gasteiger charge is -2.01. The van der Waals surface area contributed by atoms with Gasteiger partial charge in [0, 0.05) is 0 Å². The zero-order chi connectivity index (χ0) is 11.4. The summed E-state index contributed by atoms with van der Waals surface area (Å²) in [5, 5.41) is 0. The molecule has 0 bridgehead atoms. The van der Waals surface area contributed by atoms with Crippen LogP contribution in [0, 0.1) is 6.92 Å². The SMILES string of the molecule is C=C(F)/C(F)=C\C(=C)c1ccc(C)cc1. The van der Waals surface area contributed by atoms with Crippen LogP contribution in [0.5, 0.6) is 0 Å². The van der Waals surface area contributed by atoms with Crippen molar-refractivity contribution in [2.45, 2.75) is 6.92 Å². The third kappa shape index (κ3) is 3.17. The second-order valence-corrected chi connectivity index (χ2v) is 3.29. The molecule has 1 aromatic rings. The maximum Gasteiger partial charge on any atom is 0.158 e. The minimum atomic E-state index is -1.08. The third-order valence-corrected chi connectivity index (χ3v) is 1.98. The molecule has 0 spiro atoms. The first kappa shape index (κ1) is 11.4. The summed E-state index contributed by atoms with van der Waals surface area (Å²) in [7, 11) is 0. The smallest absolute Gasteiger partial charge is 0.158 e. The summed E-state index contributed by atoms with van der Waals surface area (Å²) < 4.78 is 25.2. The van der Waals surface area contributed by atoms with Crippen molar-refractivity contribution in [3.8, 4) is 0 Å². The monoisotopic (exact) mass is 206 g/mol.